The molecule has 112 valence electrons. The van der Waals surface area contributed by atoms with Crippen LogP contribution in [0.3, 0.4) is 0 Å². The number of nitrogens with one attached hydrogen (secondary N) is 1. The van der Waals surface area contributed by atoms with Crippen LogP contribution in [0.5, 0.6) is 0 Å². The van der Waals surface area contributed by atoms with Crippen molar-refractivity contribution in [1.82, 2.24) is 10.2 Å². The van der Waals surface area contributed by atoms with Gasteiger partial charge in [0, 0.05) is 11.4 Å². The van der Waals surface area contributed by atoms with Gasteiger partial charge in [-0.15, -0.1) is 11.3 Å². The van der Waals surface area contributed by atoms with Crippen molar-refractivity contribution in [2.24, 2.45) is 0 Å². The minimum Gasteiger partial charge on any atom is -0.321 e. The Bertz CT molecular complexity index is 405. The molecule has 0 saturated carbocycles. The van der Waals surface area contributed by atoms with E-state index in [2.05, 4.69) is 29.8 Å². The molecule has 0 aromatic carbocycles. The van der Waals surface area contributed by atoms with Crippen LogP contribution in [-0.2, 0) is 4.79 Å². The summed E-state index contributed by atoms with van der Waals surface area (Å²) in [7, 11) is 0. The third-order valence-corrected chi connectivity index (χ3v) is 4.86. The van der Waals surface area contributed by atoms with Gasteiger partial charge in [-0.3, -0.25) is 10.1 Å². The lowest BCUT2D eigenvalue weighted by Crippen LogP contribution is -2.31. The molecule has 1 N–H and O–H groups in total. The number of carbonyl (C=O) groups excluding carboxylic acids is 1. The predicted octanol–water partition coefficient (Wildman–Crippen LogP) is 3.93. The van der Waals surface area contributed by atoms with Crippen molar-refractivity contribution >= 4 is 17.2 Å². The van der Waals surface area contributed by atoms with E-state index in [9.17, 15) is 4.79 Å². The highest BCUT2D eigenvalue weighted by atomic mass is 32.1. The van der Waals surface area contributed by atoms with Gasteiger partial charge in [-0.2, -0.15) is 0 Å². The Hall–Kier alpha value is -0.870. The molecule has 20 heavy (non-hydrogen) atoms. The summed E-state index contributed by atoms with van der Waals surface area (Å²) in [5, 5.41) is 5.48. The van der Waals surface area contributed by atoms with Crippen molar-refractivity contribution in [3.8, 4) is 0 Å². The second-order valence-electron chi connectivity index (χ2n) is 5.61. The fourth-order valence-corrected chi connectivity index (χ4v) is 3.55. The van der Waals surface area contributed by atoms with Crippen molar-refractivity contribution in [1.29, 1.82) is 0 Å². The lowest BCUT2D eigenvalue weighted by Gasteiger charge is -2.23. The van der Waals surface area contributed by atoms with Gasteiger partial charge in [-0.1, -0.05) is 45.1 Å². The number of amides is 1. The van der Waals surface area contributed by atoms with Crippen LogP contribution in [0.2, 0.25) is 0 Å². The fourth-order valence-electron chi connectivity index (χ4n) is 2.76. The first-order valence-electron chi connectivity index (χ1n) is 7.84. The number of hydrogen-bond acceptors (Lipinski definition) is 3. The normalized spacial score (nSPS) is 22.7. The largest absolute Gasteiger partial charge is 0.321 e. The SMILES string of the molecule is CCCCCCCCN1C(=O)C(C)NC1c1cccs1. The van der Waals surface area contributed by atoms with Crippen molar-refractivity contribution < 1.29 is 4.79 Å². The Labute approximate surface area is 126 Å². The Morgan fingerprint density at radius 3 is 2.70 bits per heavy atom. The summed E-state index contributed by atoms with van der Waals surface area (Å²) in [6, 6.07) is 4.11. The second-order valence-corrected chi connectivity index (χ2v) is 6.58. The zero-order chi connectivity index (χ0) is 14.4. The first kappa shape index (κ1) is 15.5. The first-order valence-corrected chi connectivity index (χ1v) is 8.72. The first-order chi connectivity index (χ1) is 9.74. The molecule has 0 spiro atoms. The number of thiophene rings is 1. The van der Waals surface area contributed by atoms with Crippen molar-refractivity contribution in [3.05, 3.63) is 22.4 Å². The van der Waals surface area contributed by atoms with E-state index in [4.69, 9.17) is 0 Å². The van der Waals surface area contributed by atoms with Crippen molar-refractivity contribution in [2.75, 3.05) is 6.54 Å². The van der Waals surface area contributed by atoms with Crippen LogP contribution in [0, 0.1) is 0 Å². The van der Waals surface area contributed by atoms with Crippen LogP contribution in [0.15, 0.2) is 17.5 Å². The molecule has 2 heterocycles. The monoisotopic (exact) mass is 294 g/mol. The second kappa shape index (κ2) is 7.79. The number of nitrogens with zero attached hydrogens (tertiary/aromatic N) is 1. The van der Waals surface area contributed by atoms with E-state index in [1.807, 2.05) is 11.8 Å². The fraction of sp³-hybridized carbons (Fsp3) is 0.688. The summed E-state index contributed by atoms with van der Waals surface area (Å²) in [5.41, 5.74) is 0. The number of rotatable bonds is 8. The molecule has 0 radical (unpaired) electrons. The van der Waals surface area contributed by atoms with Crippen LogP contribution >= 0.6 is 11.3 Å². The van der Waals surface area contributed by atoms with Crippen LogP contribution in [0.1, 0.15) is 63.4 Å². The van der Waals surface area contributed by atoms with Gasteiger partial charge in [0.05, 0.1) is 6.04 Å². The molecule has 1 fully saturated rings. The molecular weight excluding hydrogens is 268 g/mol. The Morgan fingerprint density at radius 2 is 2.00 bits per heavy atom. The summed E-state index contributed by atoms with van der Waals surface area (Å²) in [6.45, 7) is 5.08. The number of hydrogen-bond donors (Lipinski definition) is 1. The van der Waals surface area contributed by atoms with Crippen LogP contribution in [-0.4, -0.2) is 23.4 Å². The molecule has 2 unspecified atom stereocenters. The van der Waals surface area contributed by atoms with Crippen molar-refractivity contribution in [2.45, 2.75) is 64.6 Å². The van der Waals surface area contributed by atoms with Crippen molar-refractivity contribution in [3.63, 3.8) is 0 Å². The average Bonchev–Trinajstić information content (AvgIpc) is 3.05. The molecule has 2 rings (SSSR count). The summed E-state index contributed by atoms with van der Waals surface area (Å²) in [6.07, 6.45) is 7.68. The van der Waals surface area contributed by atoms with Gasteiger partial charge in [0.1, 0.15) is 6.17 Å². The summed E-state index contributed by atoms with van der Waals surface area (Å²) < 4.78 is 0. The highest BCUT2D eigenvalue weighted by molar-refractivity contribution is 7.10. The summed E-state index contributed by atoms with van der Waals surface area (Å²) in [5.74, 6) is 0.247. The van der Waals surface area contributed by atoms with Crippen LogP contribution < -0.4 is 5.32 Å². The van der Waals surface area contributed by atoms with Gasteiger partial charge < -0.3 is 4.90 Å². The topological polar surface area (TPSA) is 32.3 Å². The van der Waals surface area contributed by atoms with E-state index in [0.717, 1.165) is 13.0 Å². The van der Waals surface area contributed by atoms with Gasteiger partial charge in [-0.05, 0) is 24.8 Å². The zero-order valence-electron chi connectivity index (χ0n) is 12.6. The molecule has 1 aromatic heterocycles. The Balaban J connectivity index is 1.82. The highest BCUT2D eigenvalue weighted by Crippen LogP contribution is 2.28. The van der Waals surface area contributed by atoms with E-state index in [-0.39, 0.29) is 18.1 Å². The van der Waals surface area contributed by atoms with Gasteiger partial charge in [0.2, 0.25) is 5.91 Å². The van der Waals surface area contributed by atoms with E-state index in [1.165, 1.54) is 37.0 Å². The number of carbonyl (C=O) groups is 1. The van der Waals surface area contributed by atoms with E-state index in [0.29, 0.717) is 0 Å². The van der Waals surface area contributed by atoms with Gasteiger partial charge in [0.15, 0.2) is 0 Å². The number of unbranched alkanes of at least 4 members (excludes halogenated alkanes) is 5. The molecule has 1 aliphatic rings. The Morgan fingerprint density at radius 1 is 1.25 bits per heavy atom. The van der Waals surface area contributed by atoms with E-state index < -0.39 is 0 Å². The molecule has 1 saturated heterocycles. The summed E-state index contributed by atoms with van der Waals surface area (Å²) >= 11 is 1.72. The van der Waals surface area contributed by atoms with Gasteiger partial charge >= 0.3 is 0 Å². The summed E-state index contributed by atoms with van der Waals surface area (Å²) in [4.78, 5) is 15.5. The highest BCUT2D eigenvalue weighted by Gasteiger charge is 2.36. The van der Waals surface area contributed by atoms with Gasteiger partial charge in [-0.25, -0.2) is 0 Å². The smallest absolute Gasteiger partial charge is 0.241 e. The van der Waals surface area contributed by atoms with E-state index >= 15 is 0 Å². The molecule has 2 atom stereocenters. The van der Waals surface area contributed by atoms with Crippen LogP contribution in [0.25, 0.3) is 0 Å². The molecule has 1 aromatic rings. The molecule has 1 aliphatic heterocycles. The molecular formula is C16H26N2OS. The third kappa shape index (κ3) is 3.83. The maximum atomic E-state index is 12.2. The molecule has 1 amide bonds. The lowest BCUT2D eigenvalue weighted by atomic mass is 10.1. The van der Waals surface area contributed by atoms with Gasteiger partial charge in [0.25, 0.3) is 0 Å². The predicted molar refractivity (Wildman–Crippen MR) is 84.7 cm³/mol. The minimum atomic E-state index is -0.0535. The molecule has 0 aliphatic carbocycles. The lowest BCUT2D eigenvalue weighted by molar-refractivity contribution is -0.129. The molecule has 3 nitrogen and oxygen atoms in total. The molecule has 4 heteroatoms. The molecule has 0 bridgehead atoms. The zero-order valence-corrected chi connectivity index (χ0v) is 13.4. The maximum Gasteiger partial charge on any atom is 0.241 e. The minimum absolute atomic E-state index is 0.0535. The van der Waals surface area contributed by atoms with E-state index in [1.54, 1.807) is 11.3 Å². The maximum absolute atomic E-state index is 12.2. The van der Waals surface area contributed by atoms with Crippen LogP contribution in [0.4, 0.5) is 0 Å². The Kier molecular flexibility index (Phi) is 6.05. The standard InChI is InChI=1S/C16H26N2OS/c1-3-4-5-6-7-8-11-18-15(14-10-9-12-20-14)17-13(2)16(18)19/h9-10,12-13,15,17H,3-8,11H2,1-2H3. The third-order valence-electron chi connectivity index (χ3n) is 3.94. The quantitative estimate of drug-likeness (QED) is 0.737. The average molecular weight is 294 g/mol.